The molecule has 1 aliphatic carbocycles. The largest absolute Gasteiger partial charge is 0.490 e. The summed E-state index contributed by atoms with van der Waals surface area (Å²) in [5.41, 5.74) is 0.936. The zero-order chi connectivity index (χ0) is 24.0. The summed E-state index contributed by atoms with van der Waals surface area (Å²) in [5.74, 6) is -0.693. The number of benzene rings is 2. The van der Waals surface area contributed by atoms with Gasteiger partial charge in [0.05, 0.1) is 6.61 Å². The highest BCUT2D eigenvalue weighted by Gasteiger charge is 2.50. The minimum atomic E-state index is -1.94. The van der Waals surface area contributed by atoms with Crippen molar-refractivity contribution in [3.05, 3.63) is 64.2 Å². The van der Waals surface area contributed by atoms with Crippen molar-refractivity contribution in [1.82, 2.24) is 0 Å². The number of rotatable bonds is 4. The van der Waals surface area contributed by atoms with E-state index in [4.69, 9.17) is 20.8 Å². The molecule has 0 radical (unpaired) electrons. The van der Waals surface area contributed by atoms with Gasteiger partial charge in [0.25, 0.3) is 0 Å². The molecule has 0 N–H and O–H groups in total. The van der Waals surface area contributed by atoms with Gasteiger partial charge in [-0.05, 0) is 80.1 Å². The summed E-state index contributed by atoms with van der Waals surface area (Å²) < 4.78 is 42.8. The standard InChI is InChI=1S/C27H35ClF2O2Si/c1-26(2,3)33(4,5)32-21-11-8-19-17-31-25-23(30)13-12-22(29)24(25)27(19,15-14-21)16-18-6-9-20(28)10-7-18/h6-7,9-10,12-13,19,21H,8,11,14-17H2,1-5H3/t19-,21?,27+/m0/s1. The Hall–Kier alpha value is -1.43. The van der Waals surface area contributed by atoms with E-state index in [9.17, 15) is 4.39 Å². The smallest absolute Gasteiger partial charge is 0.192 e. The van der Waals surface area contributed by atoms with Crippen LogP contribution >= 0.6 is 11.6 Å². The Morgan fingerprint density at radius 2 is 1.70 bits per heavy atom. The van der Waals surface area contributed by atoms with Gasteiger partial charge in [0, 0.05) is 28.0 Å². The van der Waals surface area contributed by atoms with E-state index in [0.29, 0.717) is 23.6 Å². The van der Waals surface area contributed by atoms with Crippen LogP contribution in [0.2, 0.25) is 23.2 Å². The van der Waals surface area contributed by atoms with Crippen LogP contribution in [0.3, 0.4) is 0 Å². The van der Waals surface area contributed by atoms with Crippen molar-refractivity contribution in [3.8, 4) is 5.75 Å². The van der Waals surface area contributed by atoms with Gasteiger partial charge in [-0.2, -0.15) is 0 Å². The quantitative estimate of drug-likeness (QED) is 0.401. The van der Waals surface area contributed by atoms with E-state index in [1.165, 1.54) is 12.1 Å². The second kappa shape index (κ2) is 8.97. The highest BCUT2D eigenvalue weighted by Crippen LogP contribution is 2.53. The third-order valence-electron chi connectivity index (χ3n) is 8.22. The molecular formula is C27H35ClF2O2Si. The summed E-state index contributed by atoms with van der Waals surface area (Å²) >= 11 is 6.12. The molecular weight excluding hydrogens is 458 g/mol. The number of ether oxygens (including phenoxy) is 1. The summed E-state index contributed by atoms with van der Waals surface area (Å²) in [6, 6.07) is 10.1. The highest BCUT2D eigenvalue weighted by atomic mass is 35.5. The molecule has 2 aromatic rings. The molecule has 6 heteroatoms. The van der Waals surface area contributed by atoms with Crippen molar-refractivity contribution in [1.29, 1.82) is 0 Å². The van der Waals surface area contributed by atoms with Gasteiger partial charge in [0.1, 0.15) is 5.82 Å². The van der Waals surface area contributed by atoms with Crippen LogP contribution in [0.1, 0.15) is 57.6 Å². The van der Waals surface area contributed by atoms with Gasteiger partial charge in [0.2, 0.25) is 0 Å². The van der Waals surface area contributed by atoms with Crippen molar-refractivity contribution in [2.24, 2.45) is 5.92 Å². The maximum absolute atomic E-state index is 15.4. The number of fused-ring (bicyclic) bond motifs is 3. The zero-order valence-electron chi connectivity index (χ0n) is 20.3. The van der Waals surface area contributed by atoms with Crippen molar-refractivity contribution < 1.29 is 17.9 Å². The summed E-state index contributed by atoms with van der Waals surface area (Å²) in [6.45, 7) is 11.7. The van der Waals surface area contributed by atoms with Crippen LogP contribution < -0.4 is 4.74 Å². The van der Waals surface area contributed by atoms with Crippen molar-refractivity contribution in [3.63, 3.8) is 0 Å². The molecule has 2 aliphatic rings. The van der Waals surface area contributed by atoms with E-state index >= 15 is 4.39 Å². The van der Waals surface area contributed by atoms with E-state index in [-0.39, 0.29) is 28.6 Å². The third-order valence-corrected chi connectivity index (χ3v) is 13.0. The molecule has 0 bridgehead atoms. The molecule has 2 aromatic carbocycles. The van der Waals surface area contributed by atoms with Gasteiger partial charge in [-0.25, -0.2) is 8.78 Å². The lowest BCUT2D eigenvalue weighted by Gasteiger charge is -2.45. The Bertz CT molecular complexity index is 1000. The topological polar surface area (TPSA) is 18.5 Å². The first-order chi connectivity index (χ1) is 15.4. The summed E-state index contributed by atoms with van der Waals surface area (Å²) in [4.78, 5) is 0. The first-order valence-electron chi connectivity index (χ1n) is 12.0. The van der Waals surface area contributed by atoms with Crippen molar-refractivity contribution >= 4 is 19.9 Å². The minimum Gasteiger partial charge on any atom is -0.490 e. The van der Waals surface area contributed by atoms with Crippen LogP contribution in [0.15, 0.2) is 36.4 Å². The lowest BCUT2D eigenvalue weighted by atomic mass is 9.63. The lowest BCUT2D eigenvalue weighted by molar-refractivity contribution is 0.109. The van der Waals surface area contributed by atoms with Crippen LogP contribution in [0, 0.1) is 17.6 Å². The van der Waals surface area contributed by atoms with Gasteiger partial charge < -0.3 is 9.16 Å². The molecule has 2 nitrogen and oxygen atoms in total. The molecule has 1 aliphatic heterocycles. The minimum absolute atomic E-state index is 0.0870. The normalized spacial score (nSPS) is 25.6. The molecule has 0 saturated heterocycles. The highest BCUT2D eigenvalue weighted by molar-refractivity contribution is 6.74. The maximum atomic E-state index is 15.4. The zero-order valence-corrected chi connectivity index (χ0v) is 22.1. The molecule has 4 rings (SSSR count). The molecule has 180 valence electrons. The molecule has 0 aromatic heterocycles. The average Bonchev–Trinajstić information content (AvgIpc) is 2.91. The van der Waals surface area contributed by atoms with Crippen LogP contribution in [-0.2, 0) is 16.3 Å². The Kier molecular flexibility index (Phi) is 6.71. The third kappa shape index (κ3) is 4.74. The number of hydrogen-bond acceptors (Lipinski definition) is 2. The Balaban J connectivity index is 1.74. The van der Waals surface area contributed by atoms with Crippen LogP contribution in [0.4, 0.5) is 8.78 Å². The summed E-state index contributed by atoms with van der Waals surface area (Å²) in [6.07, 6.45) is 4.08. The lowest BCUT2D eigenvalue weighted by Crippen LogP contribution is -2.45. The molecule has 1 fully saturated rings. The summed E-state index contributed by atoms with van der Waals surface area (Å²) in [5, 5.41) is 0.791. The molecule has 3 atom stereocenters. The van der Waals surface area contributed by atoms with Crippen LogP contribution in [0.25, 0.3) is 0 Å². The molecule has 0 amide bonds. The van der Waals surface area contributed by atoms with E-state index in [2.05, 4.69) is 33.9 Å². The predicted octanol–water partition coefficient (Wildman–Crippen LogP) is 8.07. The number of halogens is 3. The van der Waals surface area contributed by atoms with Crippen molar-refractivity contribution in [2.75, 3.05) is 6.61 Å². The fourth-order valence-corrected chi connectivity index (χ4v) is 6.87. The molecule has 1 heterocycles. The molecule has 1 saturated carbocycles. The van der Waals surface area contributed by atoms with Gasteiger partial charge >= 0.3 is 0 Å². The Labute approximate surface area is 202 Å². The van der Waals surface area contributed by atoms with Gasteiger partial charge in [0.15, 0.2) is 19.9 Å². The first kappa shape index (κ1) is 24.7. The first-order valence-corrected chi connectivity index (χ1v) is 15.3. The molecule has 33 heavy (non-hydrogen) atoms. The van der Waals surface area contributed by atoms with Crippen LogP contribution in [0.5, 0.6) is 5.75 Å². The molecule has 0 spiro atoms. The van der Waals surface area contributed by atoms with Gasteiger partial charge in [-0.3, -0.25) is 0 Å². The van der Waals surface area contributed by atoms with E-state index in [1.54, 1.807) is 0 Å². The van der Waals surface area contributed by atoms with E-state index in [0.717, 1.165) is 31.2 Å². The maximum Gasteiger partial charge on any atom is 0.192 e. The second-order valence-electron chi connectivity index (χ2n) is 11.3. The predicted molar refractivity (Wildman–Crippen MR) is 133 cm³/mol. The Morgan fingerprint density at radius 3 is 2.36 bits per heavy atom. The van der Waals surface area contributed by atoms with Crippen molar-refractivity contribution in [2.45, 2.75) is 82.5 Å². The van der Waals surface area contributed by atoms with Crippen LogP contribution in [-0.4, -0.2) is 21.0 Å². The van der Waals surface area contributed by atoms with Gasteiger partial charge in [-0.1, -0.05) is 44.5 Å². The van der Waals surface area contributed by atoms with E-state index < -0.39 is 19.5 Å². The fourth-order valence-electron chi connectivity index (χ4n) is 5.32. The van der Waals surface area contributed by atoms with Gasteiger partial charge in [-0.15, -0.1) is 0 Å². The average molecular weight is 493 g/mol. The SMILES string of the molecule is CC(C)(C)[Si](C)(C)OC1CC[C@H]2COc3c(F)ccc(F)c3[C@@]2(Cc2ccc(Cl)cc2)CC1. The summed E-state index contributed by atoms with van der Waals surface area (Å²) in [7, 11) is -1.94. The number of hydrogen-bond donors (Lipinski definition) is 0. The second-order valence-corrected chi connectivity index (χ2v) is 16.5. The fraction of sp³-hybridized carbons (Fsp3) is 0.556. The molecule has 1 unspecified atom stereocenters. The van der Waals surface area contributed by atoms with E-state index in [1.807, 2.05) is 24.3 Å². The monoisotopic (exact) mass is 492 g/mol. The Morgan fingerprint density at radius 1 is 1.03 bits per heavy atom.